The zero-order valence-corrected chi connectivity index (χ0v) is 8.27. The molecule has 0 spiro atoms. The average Bonchev–Trinajstić information content (AvgIpc) is 2.66. The van der Waals surface area contributed by atoms with Gasteiger partial charge in [0.05, 0.1) is 5.56 Å². The molecule has 4 N–H and O–H groups in total. The highest BCUT2D eigenvalue weighted by Crippen LogP contribution is 2.22. The molecule has 78 valence electrons. The van der Waals surface area contributed by atoms with Gasteiger partial charge >= 0.3 is 0 Å². The summed E-state index contributed by atoms with van der Waals surface area (Å²) in [5.74, 6) is 1.69. The smallest absolute Gasteiger partial charge is 0.226 e. The molecule has 0 fully saturated rings. The fourth-order valence-corrected chi connectivity index (χ4v) is 1.19. The maximum Gasteiger partial charge on any atom is 0.226 e. The number of nitrogens with zero attached hydrogens (tertiary/aromatic N) is 3. The second-order valence-corrected chi connectivity index (χ2v) is 3.03. The molecule has 15 heavy (non-hydrogen) atoms. The van der Waals surface area contributed by atoms with Crippen molar-refractivity contribution in [2.24, 2.45) is 0 Å². The fourth-order valence-electron chi connectivity index (χ4n) is 1.19. The molecule has 0 amide bonds. The highest BCUT2D eigenvalue weighted by atomic mass is 16.5. The van der Waals surface area contributed by atoms with Crippen molar-refractivity contribution in [3.8, 4) is 11.4 Å². The van der Waals surface area contributed by atoms with Crippen LogP contribution in [-0.4, -0.2) is 15.1 Å². The molecule has 2 aromatic rings. The van der Waals surface area contributed by atoms with Crippen LogP contribution in [0.25, 0.3) is 11.4 Å². The van der Waals surface area contributed by atoms with Crippen LogP contribution in [0, 0.1) is 0 Å². The second-order valence-electron chi connectivity index (χ2n) is 3.03. The van der Waals surface area contributed by atoms with Crippen molar-refractivity contribution in [3.05, 3.63) is 18.0 Å². The van der Waals surface area contributed by atoms with E-state index in [-0.39, 0.29) is 0 Å². The van der Waals surface area contributed by atoms with Crippen molar-refractivity contribution in [1.82, 2.24) is 15.1 Å². The highest BCUT2D eigenvalue weighted by molar-refractivity contribution is 5.69. The third kappa shape index (κ3) is 1.74. The number of pyridine rings is 1. The molecular formula is C9H11N5O. The number of nitrogens with two attached hydrogens (primary N) is 2. The van der Waals surface area contributed by atoms with Crippen LogP contribution in [0.1, 0.15) is 12.8 Å². The zero-order valence-electron chi connectivity index (χ0n) is 8.27. The molecule has 0 saturated heterocycles. The number of aromatic nitrogens is 3. The van der Waals surface area contributed by atoms with Crippen LogP contribution in [0.5, 0.6) is 0 Å². The van der Waals surface area contributed by atoms with Crippen molar-refractivity contribution < 1.29 is 4.52 Å². The lowest BCUT2D eigenvalue weighted by Crippen LogP contribution is -1.98. The van der Waals surface area contributed by atoms with Crippen LogP contribution in [0.3, 0.4) is 0 Å². The lowest BCUT2D eigenvalue weighted by atomic mass is 10.2. The van der Waals surface area contributed by atoms with Crippen molar-refractivity contribution >= 4 is 11.6 Å². The van der Waals surface area contributed by atoms with Crippen LogP contribution in [-0.2, 0) is 6.42 Å². The fraction of sp³-hybridized carbons (Fsp3) is 0.222. The normalized spacial score (nSPS) is 10.5. The van der Waals surface area contributed by atoms with E-state index in [1.807, 2.05) is 6.92 Å². The standard InChI is InChI=1S/C9H11N5O/c1-2-7-13-9(14-15-7)5-3-4-6(10)12-8(5)11/h3-4H,2H2,1H3,(H4,10,11,12). The molecule has 0 aliphatic rings. The van der Waals surface area contributed by atoms with Gasteiger partial charge in [0.25, 0.3) is 0 Å². The van der Waals surface area contributed by atoms with Crippen molar-refractivity contribution in [3.63, 3.8) is 0 Å². The Kier molecular flexibility index (Phi) is 2.24. The van der Waals surface area contributed by atoms with Crippen LogP contribution < -0.4 is 11.5 Å². The van der Waals surface area contributed by atoms with Gasteiger partial charge in [0.2, 0.25) is 11.7 Å². The lowest BCUT2D eigenvalue weighted by Gasteiger charge is -1.99. The van der Waals surface area contributed by atoms with Gasteiger partial charge in [0.15, 0.2) is 0 Å². The molecule has 0 atom stereocenters. The minimum absolute atomic E-state index is 0.304. The first-order valence-electron chi connectivity index (χ1n) is 4.55. The minimum atomic E-state index is 0.304. The summed E-state index contributed by atoms with van der Waals surface area (Å²) < 4.78 is 4.98. The van der Waals surface area contributed by atoms with Gasteiger partial charge in [0, 0.05) is 6.42 Å². The molecule has 0 aromatic carbocycles. The number of anilines is 2. The van der Waals surface area contributed by atoms with Crippen molar-refractivity contribution in [2.75, 3.05) is 11.5 Å². The molecule has 0 bridgehead atoms. The van der Waals surface area contributed by atoms with E-state index in [4.69, 9.17) is 16.0 Å². The van der Waals surface area contributed by atoms with Crippen LogP contribution in [0.4, 0.5) is 11.6 Å². The quantitative estimate of drug-likeness (QED) is 0.753. The predicted octanol–water partition coefficient (Wildman–Crippen LogP) is 0.858. The highest BCUT2D eigenvalue weighted by Gasteiger charge is 2.11. The molecule has 0 aliphatic carbocycles. The average molecular weight is 205 g/mol. The molecular weight excluding hydrogens is 194 g/mol. The number of nitrogen functional groups attached to an aromatic ring is 2. The van der Waals surface area contributed by atoms with E-state index in [1.54, 1.807) is 12.1 Å². The largest absolute Gasteiger partial charge is 0.384 e. The number of hydrogen-bond acceptors (Lipinski definition) is 6. The summed E-state index contributed by atoms with van der Waals surface area (Å²) in [6.45, 7) is 1.93. The van der Waals surface area contributed by atoms with E-state index >= 15 is 0 Å². The summed E-state index contributed by atoms with van der Waals surface area (Å²) in [5.41, 5.74) is 11.8. The third-order valence-corrected chi connectivity index (χ3v) is 1.96. The maximum atomic E-state index is 5.69. The number of hydrogen-bond donors (Lipinski definition) is 2. The molecule has 6 nitrogen and oxygen atoms in total. The van der Waals surface area contributed by atoms with E-state index in [0.29, 0.717) is 35.3 Å². The summed E-state index contributed by atoms with van der Waals surface area (Å²) in [6, 6.07) is 3.37. The van der Waals surface area contributed by atoms with Crippen LogP contribution in [0.2, 0.25) is 0 Å². The Hall–Kier alpha value is -2.11. The molecule has 0 unspecified atom stereocenters. The van der Waals surface area contributed by atoms with Crippen LogP contribution >= 0.6 is 0 Å². The lowest BCUT2D eigenvalue weighted by molar-refractivity contribution is 0.383. The Morgan fingerprint density at radius 2 is 2.07 bits per heavy atom. The van der Waals surface area contributed by atoms with Crippen LogP contribution in [0.15, 0.2) is 16.7 Å². The molecule has 2 rings (SSSR count). The van der Waals surface area contributed by atoms with Crippen molar-refractivity contribution in [1.29, 1.82) is 0 Å². The topological polar surface area (TPSA) is 104 Å². The number of rotatable bonds is 2. The Morgan fingerprint density at radius 1 is 1.27 bits per heavy atom. The monoisotopic (exact) mass is 205 g/mol. The Labute approximate surface area is 86.3 Å². The molecule has 0 radical (unpaired) electrons. The van der Waals surface area contributed by atoms with Gasteiger partial charge in [0.1, 0.15) is 11.6 Å². The van der Waals surface area contributed by atoms with E-state index in [0.717, 1.165) is 0 Å². The summed E-state index contributed by atoms with van der Waals surface area (Å²) in [5, 5.41) is 3.80. The van der Waals surface area contributed by atoms with E-state index in [9.17, 15) is 0 Å². The number of aryl methyl sites for hydroxylation is 1. The Balaban J connectivity index is 2.44. The second kappa shape index (κ2) is 3.56. The summed E-state index contributed by atoms with van der Waals surface area (Å²) >= 11 is 0. The first-order valence-corrected chi connectivity index (χ1v) is 4.55. The van der Waals surface area contributed by atoms with Gasteiger partial charge in [-0.25, -0.2) is 4.98 Å². The molecule has 0 aliphatic heterocycles. The first-order chi connectivity index (χ1) is 7.20. The predicted molar refractivity (Wildman–Crippen MR) is 55.7 cm³/mol. The molecule has 2 aromatic heterocycles. The minimum Gasteiger partial charge on any atom is -0.384 e. The van der Waals surface area contributed by atoms with Crippen molar-refractivity contribution in [2.45, 2.75) is 13.3 Å². The van der Waals surface area contributed by atoms with Gasteiger partial charge in [-0.1, -0.05) is 12.1 Å². The van der Waals surface area contributed by atoms with Gasteiger partial charge in [-0.05, 0) is 12.1 Å². The molecule has 2 heterocycles. The Bertz CT molecular complexity index is 479. The van der Waals surface area contributed by atoms with Gasteiger partial charge < -0.3 is 16.0 Å². The van der Waals surface area contributed by atoms with E-state index in [1.165, 1.54) is 0 Å². The SMILES string of the molecule is CCc1nc(-c2ccc(N)nc2N)no1. The zero-order chi connectivity index (χ0) is 10.8. The van der Waals surface area contributed by atoms with E-state index in [2.05, 4.69) is 15.1 Å². The Morgan fingerprint density at radius 3 is 2.67 bits per heavy atom. The molecule has 6 heteroatoms. The van der Waals surface area contributed by atoms with Gasteiger partial charge in [-0.15, -0.1) is 0 Å². The summed E-state index contributed by atoms with van der Waals surface area (Å²) in [4.78, 5) is 8.07. The third-order valence-electron chi connectivity index (χ3n) is 1.96. The maximum absolute atomic E-state index is 5.69. The summed E-state index contributed by atoms with van der Waals surface area (Å²) in [7, 11) is 0. The van der Waals surface area contributed by atoms with E-state index < -0.39 is 0 Å². The molecule has 0 saturated carbocycles. The summed E-state index contributed by atoms with van der Waals surface area (Å²) in [6.07, 6.45) is 0.690. The first kappa shape index (κ1) is 9.45. The van der Waals surface area contributed by atoms with Gasteiger partial charge in [-0.3, -0.25) is 0 Å². The van der Waals surface area contributed by atoms with Gasteiger partial charge in [-0.2, -0.15) is 4.98 Å².